The molecular weight excluding hydrogens is 194 g/mol. The van der Waals surface area contributed by atoms with Gasteiger partial charge >= 0.3 is 5.97 Å². The predicted octanol–water partition coefficient (Wildman–Crippen LogP) is 1.09. The van der Waals surface area contributed by atoms with Crippen LogP contribution in [0.5, 0.6) is 5.75 Å². The third-order valence-corrected chi connectivity index (χ3v) is 2.01. The van der Waals surface area contributed by atoms with Crippen LogP contribution >= 0.6 is 0 Å². The Labute approximate surface area is 89.0 Å². The van der Waals surface area contributed by atoms with Gasteiger partial charge in [-0.25, -0.2) is 4.79 Å². The van der Waals surface area contributed by atoms with Gasteiger partial charge in [0.2, 0.25) is 0 Å². The molecule has 0 aliphatic carbocycles. The summed E-state index contributed by atoms with van der Waals surface area (Å²) in [4.78, 5) is 11.1. The highest BCUT2D eigenvalue weighted by Crippen LogP contribution is 2.13. The van der Waals surface area contributed by atoms with Crippen molar-refractivity contribution in [3.05, 3.63) is 29.8 Å². The van der Waals surface area contributed by atoms with E-state index in [9.17, 15) is 4.79 Å². The van der Waals surface area contributed by atoms with Crippen molar-refractivity contribution >= 4 is 5.97 Å². The van der Waals surface area contributed by atoms with Gasteiger partial charge in [-0.1, -0.05) is 12.1 Å². The molecule has 0 fully saturated rings. The third-order valence-electron chi connectivity index (χ3n) is 2.01. The summed E-state index contributed by atoms with van der Waals surface area (Å²) in [5, 5.41) is 0. The molecule has 2 N–H and O–H groups in total. The Kier molecular flexibility index (Phi) is 4.12. The summed E-state index contributed by atoms with van der Waals surface area (Å²) in [7, 11) is 1.33. The molecule has 82 valence electrons. The lowest BCUT2D eigenvalue weighted by Crippen LogP contribution is -2.24. The zero-order chi connectivity index (χ0) is 11.3. The molecule has 1 atom stereocenters. The van der Waals surface area contributed by atoms with E-state index in [4.69, 9.17) is 10.5 Å². The average Bonchev–Trinajstić information content (AvgIpc) is 2.29. The molecule has 0 spiro atoms. The second kappa shape index (κ2) is 5.36. The summed E-state index contributed by atoms with van der Waals surface area (Å²) in [6.07, 6.45) is -0.598. The van der Waals surface area contributed by atoms with Gasteiger partial charge in [0.1, 0.15) is 5.75 Å². The van der Waals surface area contributed by atoms with Crippen LogP contribution in [0.2, 0.25) is 0 Å². The highest BCUT2D eigenvalue weighted by molar-refractivity contribution is 5.74. The van der Waals surface area contributed by atoms with Gasteiger partial charge in [-0.15, -0.1) is 0 Å². The molecule has 1 aromatic carbocycles. The first-order chi connectivity index (χ1) is 7.17. The third kappa shape index (κ3) is 3.25. The quantitative estimate of drug-likeness (QED) is 0.754. The van der Waals surface area contributed by atoms with Crippen molar-refractivity contribution in [1.82, 2.24) is 0 Å². The molecule has 0 radical (unpaired) electrons. The van der Waals surface area contributed by atoms with Crippen LogP contribution in [0.25, 0.3) is 0 Å². The van der Waals surface area contributed by atoms with Crippen molar-refractivity contribution in [2.45, 2.75) is 19.6 Å². The van der Waals surface area contributed by atoms with Crippen molar-refractivity contribution < 1.29 is 14.3 Å². The highest BCUT2D eigenvalue weighted by atomic mass is 16.6. The summed E-state index contributed by atoms with van der Waals surface area (Å²) in [5.74, 6) is 0.239. The molecule has 0 bridgehead atoms. The number of nitrogens with two attached hydrogens (primary N) is 1. The van der Waals surface area contributed by atoms with E-state index in [-0.39, 0.29) is 0 Å². The maximum Gasteiger partial charge on any atom is 0.346 e. The van der Waals surface area contributed by atoms with E-state index in [1.807, 2.05) is 12.1 Å². The van der Waals surface area contributed by atoms with E-state index in [1.54, 1.807) is 19.1 Å². The van der Waals surface area contributed by atoms with Crippen LogP contribution in [0.1, 0.15) is 12.5 Å². The number of ether oxygens (including phenoxy) is 2. The lowest BCUT2D eigenvalue weighted by Gasteiger charge is -2.12. The van der Waals surface area contributed by atoms with E-state index in [2.05, 4.69) is 4.74 Å². The molecule has 1 aromatic rings. The van der Waals surface area contributed by atoms with Crippen LogP contribution in [0, 0.1) is 0 Å². The number of rotatable bonds is 4. The Balaban J connectivity index is 2.60. The number of esters is 1. The molecular formula is C11H15NO3. The first-order valence-electron chi connectivity index (χ1n) is 4.71. The first-order valence-corrected chi connectivity index (χ1v) is 4.71. The van der Waals surface area contributed by atoms with E-state index in [0.29, 0.717) is 12.3 Å². The van der Waals surface area contributed by atoms with Crippen LogP contribution in [-0.4, -0.2) is 19.2 Å². The number of carbonyl (C=O) groups is 1. The smallest absolute Gasteiger partial charge is 0.346 e. The van der Waals surface area contributed by atoms with Crippen LogP contribution in [0.15, 0.2) is 24.3 Å². The Morgan fingerprint density at radius 2 is 2.00 bits per heavy atom. The molecule has 0 saturated heterocycles. The van der Waals surface area contributed by atoms with Crippen LogP contribution in [-0.2, 0) is 16.1 Å². The number of hydrogen-bond donors (Lipinski definition) is 1. The monoisotopic (exact) mass is 209 g/mol. The van der Waals surface area contributed by atoms with Crippen molar-refractivity contribution in [3.8, 4) is 5.75 Å². The topological polar surface area (TPSA) is 61.5 Å². The first kappa shape index (κ1) is 11.5. The van der Waals surface area contributed by atoms with Crippen molar-refractivity contribution in [2.75, 3.05) is 7.11 Å². The summed E-state index contributed by atoms with van der Waals surface area (Å²) in [6, 6.07) is 7.28. The van der Waals surface area contributed by atoms with Gasteiger partial charge in [-0.05, 0) is 24.6 Å². The zero-order valence-corrected chi connectivity index (χ0v) is 8.90. The van der Waals surface area contributed by atoms with Gasteiger partial charge in [0.05, 0.1) is 7.11 Å². The lowest BCUT2D eigenvalue weighted by atomic mass is 10.2. The second-order valence-electron chi connectivity index (χ2n) is 3.13. The van der Waals surface area contributed by atoms with Gasteiger partial charge in [-0.2, -0.15) is 0 Å². The standard InChI is InChI=1S/C11H15NO3/c1-8(11(13)14-2)15-10-5-3-9(7-12)4-6-10/h3-6,8H,7,12H2,1-2H3. The van der Waals surface area contributed by atoms with Crippen LogP contribution < -0.4 is 10.5 Å². The van der Waals surface area contributed by atoms with Gasteiger partial charge in [0.25, 0.3) is 0 Å². The molecule has 0 aromatic heterocycles. The Bertz CT molecular complexity index is 321. The normalized spacial score (nSPS) is 11.9. The van der Waals surface area contributed by atoms with Crippen LogP contribution in [0.4, 0.5) is 0 Å². The fraction of sp³-hybridized carbons (Fsp3) is 0.364. The van der Waals surface area contributed by atoms with E-state index in [1.165, 1.54) is 7.11 Å². The fourth-order valence-electron chi connectivity index (χ4n) is 1.12. The molecule has 1 rings (SSSR count). The number of benzene rings is 1. The number of methoxy groups -OCH3 is 1. The molecule has 0 aliphatic rings. The average molecular weight is 209 g/mol. The predicted molar refractivity (Wildman–Crippen MR) is 56.4 cm³/mol. The van der Waals surface area contributed by atoms with E-state index >= 15 is 0 Å². The van der Waals surface area contributed by atoms with Gasteiger partial charge in [0.15, 0.2) is 6.10 Å². The highest BCUT2D eigenvalue weighted by Gasteiger charge is 2.14. The molecule has 15 heavy (non-hydrogen) atoms. The molecule has 0 saturated carbocycles. The molecule has 4 nitrogen and oxygen atoms in total. The Morgan fingerprint density at radius 3 is 2.47 bits per heavy atom. The van der Waals surface area contributed by atoms with Crippen LogP contribution in [0.3, 0.4) is 0 Å². The van der Waals surface area contributed by atoms with E-state index < -0.39 is 12.1 Å². The molecule has 1 unspecified atom stereocenters. The zero-order valence-electron chi connectivity index (χ0n) is 8.90. The largest absolute Gasteiger partial charge is 0.479 e. The Hall–Kier alpha value is -1.55. The van der Waals surface area contributed by atoms with Crippen molar-refractivity contribution in [2.24, 2.45) is 5.73 Å². The van der Waals surface area contributed by atoms with Gasteiger partial charge < -0.3 is 15.2 Å². The number of hydrogen-bond acceptors (Lipinski definition) is 4. The van der Waals surface area contributed by atoms with Gasteiger partial charge in [0, 0.05) is 6.54 Å². The number of carbonyl (C=O) groups excluding carboxylic acids is 1. The maximum absolute atomic E-state index is 11.1. The summed E-state index contributed by atoms with van der Waals surface area (Å²) in [6.45, 7) is 2.13. The minimum atomic E-state index is -0.598. The maximum atomic E-state index is 11.1. The molecule has 0 amide bonds. The van der Waals surface area contributed by atoms with Gasteiger partial charge in [-0.3, -0.25) is 0 Å². The SMILES string of the molecule is COC(=O)C(C)Oc1ccc(CN)cc1. The van der Waals surface area contributed by atoms with Crippen molar-refractivity contribution in [1.29, 1.82) is 0 Å². The minimum Gasteiger partial charge on any atom is -0.479 e. The van der Waals surface area contributed by atoms with E-state index in [0.717, 1.165) is 5.56 Å². The fourth-order valence-corrected chi connectivity index (χ4v) is 1.12. The second-order valence-corrected chi connectivity index (χ2v) is 3.13. The lowest BCUT2D eigenvalue weighted by molar-refractivity contribution is -0.147. The molecule has 0 aliphatic heterocycles. The Morgan fingerprint density at radius 1 is 1.40 bits per heavy atom. The minimum absolute atomic E-state index is 0.391. The molecule has 4 heteroatoms. The summed E-state index contributed by atoms with van der Waals surface area (Å²) < 4.78 is 9.90. The summed E-state index contributed by atoms with van der Waals surface area (Å²) >= 11 is 0. The van der Waals surface area contributed by atoms with Crippen molar-refractivity contribution in [3.63, 3.8) is 0 Å². The summed E-state index contributed by atoms with van der Waals surface area (Å²) in [5.41, 5.74) is 6.48. The molecule has 0 heterocycles.